The molecule has 1 unspecified atom stereocenters. The summed E-state index contributed by atoms with van der Waals surface area (Å²) in [5.41, 5.74) is 1.96. The molecule has 0 saturated heterocycles. The van der Waals surface area contributed by atoms with Gasteiger partial charge in [0.2, 0.25) is 0 Å². The highest BCUT2D eigenvalue weighted by Gasteiger charge is 2.23. The second-order valence-electron chi connectivity index (χ2n) is 7.69. The van der Waals surface area contributed by atoms with E-state index in [1.54, 1.807) is 42.1 Å². The first-order valence-corrected chi connectivity index (χ1v) is 13.0. The van der Waals surface area contributed by atoms with Gasteiger partial charge in [0.05, 0.1) is 10.9 Å². The van der Waals surface area contributed by atoms with Gasteiger partial charge in [0, 0.05) is 28.0 Å². The molecule has 2 aliphatic rings. The maximum absolute atomic E-state index is 12.8. The summed E-state index contributed by atoms with van der Waals surface area (Å²) in [5, 5.41) is 3.10. The zero-order chi connectivity index (χ0) is 22.8. The fraction of sp³-hybridized carbons (Fsp3) is 0.208. The van der Waals surface area contributed by atoms with Crippen LogP contribution in [0.15, 0.2) is 76.5 Å². The first-order valence-electron chi connectivity index (χ1n) is 10.5. The molecular weight excluding hydrogens is 460 g/mol. The van der Waals surface area contributed by atoms with Gasteiger partial charge in [0.15, 0.2) is 11.5 Å². The van der Waals surface area contributed by atoms with E-state index < -0.39 is 10.0 Å². The molecule has 0 fully saturated rings. The molecule has 33 heavy (non-hydrogen) atoms. The molecule has 0 bridgehead atoms. The molecular formula is C24H22N2O5S2. The second-order valence-corrected chi connectivity index (χ2v) is 10.5. The number of sulfonamides is 1. The molecule has 0 radical (unpaired) electrons. The number of hydrogen-bond donors (Lipinski definition) is 2. The maximum Gasteiger partial charge on any atom is 0.262 e. The van der Waals surface area contributed by atoms with Crippen molar-refractivity contribution in [1.82, 2.24) is 5.32 Å². The van der Waals surface area contributed by atoms with Crippen LogP contribution in [-0.4, -0.2) is 33.3 Å². The highest BCUT2D eigenvalue weighted by molar-refractivity contribution is 7.99. The third kappa shape index (κ3) is 4.65. The number of rotatable bonds is 5. The van der Waals surface area contributed by atoms with Crippen LogP contribution in [0.25, 0.3) is 0 Å². The largest absolute Gasteiger partial charge is 0.486 e. The lowest BCUT2D eigenvalue weighted by atomic mass is 10.0. The van der Waals surface area contributed by atoms with Crippen molar-refractivity contribution >= 4 is 33.4 Å². The Balaban J connectivity index is 1.27. The van der Waals surface area contributed by atoms with Crippen molar-refractivity contribution in [3.63, 3.8) is 0 Å². The minimum Gasteiger partial charge on any atom is -0.486 e. The van der Waals surface area contributed by atoms with Crippen molar-refractivity contribution in [2.24, 2.45) is 0 Å². The molecule has 2 aliphatic heterocycles. The third-order valence-corrected chi connectivity index (χ3v) is 7.99. The number of carbonyl (C=O) groups excluding carboxylic acids is 1. The first-order chi connectivity index (χ1) is 16.0. The van der Waals surface area contributed by atoms with Gasteiger partial charge in [-0.2, -0.15) is 0 Å². The van der Waals surface area contributed by atoms with Crippen molar-refractivity contribution < 1.29 is 22.7 Å². The Hall–Kier alpha value is -3.17. The number of thioether (sulfide) groups is 1. The Morgan fingerprint density at radius 1 is 0.939 bits per heavy atom. The number of ether oxygens (including phenoxy) is 2. The second kappa shape index (κ2) is 8.99. The van der Waals surface area contributed by atoms with Gasteiger partial charge in [0.25, 0.3) is 15.9 Å². The molecule has 0 spiro atoms. The van der Waals surface area contributed by atoms with Crippen molar-refractivity contribution in [3.05, 3.63) is 77.9 Å². The number of benzene rings is 3. The number of nitrogens with one attached hydrogen (secondary N) is 2. The van der Waals surface area contributed by atoms with Crippen molar-refractivity contribution in [3.8, 4) is 11.5 Å². The Labute approximate surface area is 196 Å². The van der Waals surface area contributed by atoms with E-state index >= 15 is 0 Å². The summed E-state index contributed by atoms with van der Waals surface area (Å²) >= 11 is 1.80. The Kier molecular flexibility index (Phi) is 5.90. The topological polar surface area (TPSA) is 93.7 Å². The molecule has 2 N–H and O–H groups in total. The summed E-state index contributed by atoms with van der Waals surface area (Å²) < 4.78 is 39.0. The minimum atomic E-state index is -3.82. The van der Waals surface area contributed by atoms with Gasteiger partial charge < -0.3 is 14.8 Å². The molecule has 0 aliphatic carbocycles. The van der Waals surface area contributed by atoms with E-state index in [-0.39, 0.29) is 16.8 Å². The van der Waals surface area contributed by atoms with Crippen LogP contribution in [0, 0.1) is 0 Å². The molecule has 3 aromatic rings. The lowest BCUT2D eigenvalue weighted by Gasteiger charge is -2.25. The lowest BCUT2D eigenvalue weighted by molar-refractivity contribution is 0.0935. The Morgan fingerprint density at radius 2 is 1.70 bits per heavy atom. The number of hydrogen-bond acceptors (Lipinski definition) is 6. The average Bonchev–Trinajstić information content (AvgIpc) is 2.84. The van der Waals surface area contributed by atoms with Crippen molar-refractivity contribution in [2.75, 3.05) is 23.7 Å². The molecule has 3 aromatic carbocycles. The predicted octanol–water partition coefficient (Wildman–Crippen LogP) is 4.23. The van der Waals surface area contributed by atoms with E-state index in [4.69, 9.17) is 9.47 Å². The fourth-order valence-corrected chi connectivity index (χ4v) is 6.03. The molecule has 2 heterocycles. The SMILES string of the molecule is O=C(NC1CCSc2ccccc21)c1ccc(NS(=O)(=O)c2ccc3c(c2)OCCO3)cc1. The average molecular weight is 483 g/mol. The van der Waals surface area contributed by atoms with Crippen molar-refractivity contribution in [2.45, 2.75) is 22.3 Å². The van der Waals surface area contributed by atoms with E-state index in [1.807, 2.05) is 18.2 Å². The zero-order valence-corrected chi connectivity index (χ0v) is 19.2. The number of carbonyl (C=O) groups is 1. The lowest BCUT2D eigenvalue weighted by Crippen LogP contribution is -2.30. The highest BCUT2D eigenvalue weighted by atomic mass is 32.2. The van der Waals surface area contributed by atoms with E-state index in [0.29, 0.717) is 36.0 Å². The molecule has 5 rings (SSSR count). The zero-order valence-electron chi connectivity index (χ0n) is 17.6. The van der Waals surface area contributed by atoms with Crippen LogP contribution < -0.4 is 19.5 Å². The van der Waals surface area contributed by atoms with Gasteiger partial charge >= 0.3 is 0 Å². The molecule has 170 valence electrons. The molecule has 0 saturated carbocycles. The molecule has 9 heteroatoms. The number of amides is 1. The monoisotopic (exact) mass is 482 g/mol. The van der Waals surface area contributed by atoms with Crippen LogP contribution in [0.1, 0.15) is 28.4 Å². The minimum absolute atomic E-state index is 0.0386. The van der Waals surface area contributed by atoms with Crippen molar-refractivity contribution in [1.29, 1.82) is 0 Å². The van der Waals surface area contributed by atoms with Crippen LogP contribution in [0.4, 0.5) is 5.69 Å². The predicted molar refractivity (Wildman–Crippen MR) is 127 cm³/mol. The quantitative estimate of drug-likeness (QED) is 0.565. The van der Waals surface area contributed by atoms with Crippen LogP contribution in [-0.2, 0) is 10.0 Å². The normalized spacial score (nSPS) is 17.0. The van der Waals surface area contributed by atoms with Gasteiger partial charge in [-0.05, 0) is 54.4 Å². The molecule has 7 nitrogen and oxygen atoms in total. The smallest absolute Gasteiger partial charge is 0.262 e. The molecule has 1 amide bonds. The first kappa shape index (κ1) is 21.7. The van der Waals surface area contributed by atoms with Gasteiger partial charge in [-0.3, -0.25) is 9.52 Å². The number of anilines is 1. The van der Waals surface area contributed by atoms with E-state index in [2.05, 4.69) is 16.1 Å². The van der Waals surface area contributed by atoms with E-state index in [0.717, 1.165) is 17.7 Å². The van der Waals surface area contributed by atoms with E-state index in [9.17, 15) is 13.2 Å². The fourth-order valence-electron chi connectivity index (χ4n) is 3.83. The summed E-state index contributed by atoms with van der Waals surface area (Å²) in [7, 11) is -3.82. The third-order valence-electron chi connectivity index (χ3n) is 5.49. The molecule has 0 aromatic heterocycles. The van der Waals surface area contributed by atoms with Gasteiger partial charge in [0.1, 0.15) is 13.2 Å². The summed E-state index contributed by atoms with van der Waals surface area (Å²) in [4.78, 5) is 14.1. The summed E-state index contributed by atoms with van der Waals surface area (Å²) in [6, 6.07) is 18.9. The highest BCUT2D eigenvalue weighted by Crippen LogP contribution is 2.36. The van der Waals surface area contributed by atoms with Crippen LogP contribution in [0.2, 0.25) is 0 Å². The van der Waals surface area contributed by atoms with Crippen LogP contribution in [0.5, 0.6) is 11.5 Å². The Morgan fingerprint density at radius 3 is 2.52 bits per heavy atom. The van der Waals surface area contributed by atoms with Gasteiger partial charge in [-0.1, -0.05) is 18.2 Å². The summed E-state index contributed by atoms with van der Waals surface area (Å²) in [5.74, 6) is 1.68. The number of fused-ring (bicyclic) bond motifs is 2. The van der Waals surface area contributed by atoms with E-state index in [1.165, 1.54) is 17.0 Å². The summed E-state index contributed by atoms with van der Waals surface area (Å²) in [6.45, 7) is 0.808. The standard InChI is InChI=1S/C24H22N2O5S2/c27-24(25-20-11-14-32-23-4-2-1-3-19(20)23)16-5-7-17(8-6-16)26-33(28,29)18-9-10-21-22(15-18)31-13-12-30-21/h1-10,15,20,26H,11-14H2,(H,25,27). The maximum atomic E-state index is 12.8. The van der Waals surface area contributed by atoms with Gasteiger partial charge in [-0.15, -0.1) is 11.8 Å². The Bertz CT molecular complexity index is 1290. The van der Waals surface area contributed by atoms with Crippen LogP contribution >= 0.6 is 11.8 Å². The molecule has 1 atom stereocenters. The van der Waals surface area contributed by atoms with Gasteiger partial charge in [-0.25, -0.2) is 8.42 Å². The van der Waals surface area contributed by atoms with Crippen LogP contribution in [0.3, 0.4) is 0 Å². The summed E-state index contributed by atoms with van der Waals surface area (Å²) in [6.07, 6.45) is 0.862.